The van der Waals surface area contributed by atoms with E-state index in [0.29, 0.717) is 3.97 Å². The van der Waals surface area contributed by atoms with Crippen LogP contribution in [-0.2, 0) is 10.2 Å². The molecule has 4 N–H and O–H groups in total. The lowest BCUT2D eigenvalue weighted by Gasteiger charge is -2.07. The van der Waals surface area contributed by atoms with Gasteiger partial charge in [-0.05, 0) is 0 Å². The Labute approximate surface area is 88.9 Å². The van der Waals surface area contributed by atoms with Gasteiger partial charge < -0.3 is 5.73 Å². The summed E-state index contributed by atoms with van der Waals surface area (Å²) in [7, 11) is -4.19. The molecular weight excluding hydrogens is 236 g/mol. The van der Waals surface area contributed by atoms with Crippen molar-refractivity contribution < 1.29 is 8.42 Å². The Morgan fingerprint density at radius 2 is 1.88 bits per heavy atom. The van der Waals surface area contributed by atoms with Gasteiger partial charge in [-0.15, -0.1) is 0 Å². The van der Waals surface area contributed by atoms with Crippen molar-refractivity contribution in [3.05, 3.63) is 22.7 Å². The summed E-state index contributed by atoms with van der Waals surface area (Å²) in [6.45, 7) is 0. The third-order valence-corrected chi connectivity index (χ3v) is 2.62. The highest BCUT2D eigenvalue weighted by Gasteiger charge is 2.17. The van der Waals surface area contributed by atoms with E-state index in [9.17, 15) is 13.2 Å². The molecule has 0 bridgehead atoms. The average Bonchev–Trinajstić information content (AvgIpc) is 2.15. The summed E-state index contributed by atoms with van der Waals surface area (Å²) in [5, 5.41) is 4.92. The van der Waals surface area contributed by atoms with E-state index in [4.69, 9.17) is 10.9 Å². The Balaban J connectivity index is 3.11. The van der Waals surface area contributed by atoms with Crippen molar-refractivity contribution in [2.24, 2.45) is 5.14 Å². The molecule has 2 aromatic rings. The minimum absolute atomic E-state index is 0.217. The van der Waals surface area contributed by atoms with Crippen molar-refractivity contribution in [3.8, 4) is 0 Å². The van der Waals surface area contributed by atoms with Crippen LogP contribution in [-0.4, -0.2) is 27.3 Å². The Kier molecular flexibility index (Phi) is 2.10. The van der Waals surface area contributed by atoms with Gasteiger partial charge in [-0.25, -0.2) is 15.1 Å². The van der Waals surface area contributed by atoms with Crippen molar-refractivity contribution in [1.82, 2.24) is 18.9 Å². The van der Waals surface area contributed by atoms with Gasteiger partial charge in [-0.1, -0.05) is 0 Å². The molecule has 2 aromatic heterocycles. The minimum Gasteiger partial charge on any atom is -0.368 e. The van der Waals surface area contributed by atoms with Gasteiger partial charge in [0.05, 0.1) is 0 Å². The number of nitrogen functional groups attached to an aromatic ring is 1. The first-order valence-corrected chi connectivity index (χ1v) is 5.44. The zero-order valence-corrected chi connectivity index (χ0v) is 8.55. The molecule has 0 unspecified atom stereocenters. The van der Waals surface area contributed by atoms with E-state index < -0.39 is 21.7 Å². The second-order valence-electron chi connectivity index (χ2n) is 2.81. The van der Waals surface area contributed by atoms with Gasteiger partial charge in [-0.2, -0.15) is 17.4 Å². The molecule has 84 valence electrons. The third-order valence-electron chi connectivity index (χ3n) is 1.75. The number of nitrogens with zero attached hydrogens (tertiary/aromatic N) is 4. The lowest BCUT2D eigenvalue weighted by Crippen LogP contribution is -2.29. The second kappa shape index (κ2) is 3.21. The zero-order chi connectivity index (χ0) is 11.9. The van der Waals surface area contributed by atoms with Crippen LogP contribution >= 0.6 is 0 Å². The van der Waals surface area contributed by atoms with Crippen molar-refractivity contribution in [1.29, 1.82) is 0 Å². The van der Waals surface area contributed by atoms with Crippen LogP contribution in [0.5, 0.6) is 0 Å². The van der Waals surface area contributed by atoms with Gasteiger partial charge in [0, 0.05) is 12.4 Å². The van der Waals surface area contributed by atoms with Crippen LogP contribution in [0.1, 0.15) is 0 Å². The largest absolute Gasteiger partial charge is 0.368 e. The van der Waals surface area contributed by atoms with Gasteiger partial charge in [0.15, 0.2) is 11.2 Å². The molecule has 0 aliphatic carbocycles. The summed E-state index contributed by atoms with van der Waals surface area (Å²) in [6.07, 6.45) is 2.44. The van der Waals surface area contributed by atoms with Crippen LogP contribution < -0.4 is 16.4 Å². The number of rotatable bonds is 1. The second-order valence-corrected chi connectivity index (χ2v) is 4.21. The first kappa shape index (κ1) is 10.4. The third kappa shape index (κ3) is 1.49. The predicted molar refractivity (Wildman–Crippen MR) is 54.5 cm³/mol. The maximum atomic E-state index is 11.3. The van der Waals surface area contributed by atoms with E-state index in [1.807, 2.05) is 0 Å². The zero-order valence-electron chi connectivity index (χ0n) is 7.73. The van der Waals surface area contributed by atoms with E-state index in [1.54, 1.807) is 0 Å². The van der Waals surface area contributed by atoms with Crippen molar-refractivity contribution in [2.45, 2.75) is 0 Å². The molecule has 0 fully saturated rings. The SMILES string of the molecule is Nc1nc(=O)c2nccnc2n1S(N)(=O)=O. The molecule has 2 rings (SSSR count). The topological polar surface area (TPSA) is 147 Å². The molecule has 0 amide bonds. The summed E-state index contributed by atoms with van der Waals surface area (Å²) in [6, 6.07) is 0. The van der Waals surface area contributed by atoms with Crippen LogP contribution in [0.2, 0.25) is 0 Å². The molecule has 2 heterocycles. The number of aromatic nitrogens is 4. The Hall–Kier alpha value is -2.07. The Bertz CT molecular complexity index is 721. The number of hydrogen-bond acceptors (Lipinski definition) is 7. The van der Waals surface area contributed by atoms with Crippen LogP contribution in [0.25, 0.3) is 11.2 Å². The van der Waals surface area contributed by atoms with Gasteiger partial charge in [0.25, 0.3) is 0 Å². The standard InChI is InChI=1S/C6H6N6O3S/c7-6-11-5(13)3-4(10-2-1-9-3)12(6)16(8,14)15/h1-2H,(H2,7,11,13)(H2,8,14,15). The van der Waals surface area contributed by atoms with Crippen LogP contribution in [0.15, 0.2) is 17.2 Å². The van der Waals surface area contributed by atoms with E-state index in [2.05, 4.69) is 15.0 Å². The molecule has 0 spiro atoms. The monoisotopic (exact) mass is 242 g/mol. The van der Waals surface area contributed by atoms with E-state index in [1.165, 1.54) is 12.4 Å². The fourth-order valence-corrected chi connectivity index (χ4v) is 1.87. The number of fused-ring (bicyclic) bond motifs is 1. The summed E-state index contributed by atoms with van der Waals surface area (Å²) in [5.41, 5.74) is 4.07. The highest BCUT2D eigenvalue weighted by molar-refractivity contribution is 7.87. The van der Waals surface area contributed by atoms with Crippen molar-refractivity contribution in [3.63, 3.8) is 0 Å². The fourth-order valence-electron chi connectivity index (χ4n) is 1.19. The average molecular weight is 242 g/mol. The Morgan fingerprint density at radius 3 is 2.50 bits per heavy atom. The molecule has 0 radical (unpaired) electrons. The lowest BCUT2D eigenvalue weighted by atomic mass is 10.5. The van der Waals surface area contributed by atoms with Gasteiger partial charge >= 0.3 is 15.8 Å². The summed E-state index contributed by atoms with van der Waals surface area (Å²) < 4.78 is 22.9. The van der Waals surface area contributed by atoms with Gasteiger partial charge in [0.2, 0.25) is 5.95 Å². The maximum absolute atomic E-state index is 11.3. The molecule has 10 heteroatoms. The summed E-state index contributed by atoms with van der Waals surface area (Å²) in [4.78, 5) is 22.0. The number of nitrogens with two attached hydrogens (primary N) is 2. The van der Waals surface area contributed by atoms with E-state index in [0.717, 1.165) is 0 Å². The molecule has 0 aliphatic heterocycles. The normalized spacial score (nSPS) is 11.8. The highest BCUT2D eigenvalue weighted by Crippen LogP contribution is 2.08. The van der Waals surface area contributed by atoms with Gasteiger partial charge in [0.1, 0.15) is 0 Å². The molecular formula is C6H6N6O3S. The van der Waals surface area contributed by atoms with Crippen molar-refractivity contribution in [2.75, 3.05) is 5.73 Å². The van der Waals surface area contributed by atoms with E-state index in [-0.39, 0.29) is 11.2 Å². The Morgan fingerprint density at radius 1 is 1.25 bits per heavy atom. The molecule has 0 aromatic carbocycles. The first-order valence-electron chi connectivity index (χ1n) is 3.94. The highest BCUT2D eigenvalue weighted by atomic mass is 32.2. The molecule has 9 nitrogen and oxygen atoms in total. The molecule has 0 saturated carbocycles. The van der Waals surface area contributed by atoms with Gasteiger partial charge in [-0.3, -0.25) is 4.79 Å². The number of anilines is 1. The van der Waals surface area contributed by atoms with Crippen molar-refractivity contribution >= 4 is 27.3 Å². The van der Waals surface area contributed by atoms with E-state index >= 15 is 0 Å². The van der Waals surface area contributed by atoms with Crippen LogP contribution in [0.3, 0.4) is 0 Å². The number of hydrogen-bond donors (Lipinski definition) is 2. The first-order chi connectivity index (χ1) is 7.41. The minimum atomic E-state index is -4.19. The predicted octanol–water partition coefficient (Wildman–Crippen LogP) is -2.18. The molecule has 0 atom stereocenters. The quantitative estimate of drug-likeness (QED) is 0.577. The maximum Gasteiger partial charge on any atom is 0.307 e. The fraction of sp³-hybridized carbons (Fsp3) is 0. The smallest absolute Gasteiger partial charge is 0.307 e. The van der Waals surface area contributed by atoms with Crippen LogP contribution in [0.4, 0.5) is 5.95 Å². The lowest BCUT2D eigenvalue weighted by molar-refractivity contribution is 0.590. The molecule has 16 heavy (non-hydrogen) atoms. The van der Waals surface area contributed by atoms with Crippen LogP contribution in [0, 0.1) is 0 Å². The molecule has 0 saturated heterocycles. The molecule has 0 aliphatic rings. The summed E-state index contributed by atoms with van der Waals surface area (Å²) in [5.74, 6) is -0.555. The summed E-state index contributed by atoms with van der Waals surface area (Å²) >= 11 is 0.